The quantitative estimate of drug-likeness (QED) is 0.845. The number of aliphatic hydroxyl groups is 1. The summed E-state index contributed by atoms with van der Waals surface area (Å²) in [6.45, 7) is 4.92. The van der Waals surface area contributed by atoms with E-state index in [0.29, 0.717) is 23.7 Å². The van der Waals surface area contributed by atoms with Crippen LogP contribution in [0.25, 0.3) is 10.1 Å². The van der Waals surface area contributed by atoms with Crippen molar-refractivity contribution in [3.8, 4) is 0 Å². The lowest BCUT2D eigenvalue weighted by molar-refractivity contribution is 0.0478. The van der Waals surface area contributed by atoms with Crippen molar-refractivity contribution in [2.45, 2.75) is 32.8 Å². The van der Waals surface area contributed by atoms with Crippen molar-refractivity contribution in [1.82, 2.24) is 9.88 Å². The molecular weight excluding hydrogens is 286 g/mol. The normalized spacial score (nSPS) is 19.2. The summed E-state index contributed by atoms with van der Waals surface area (Å²) in [7, 11) is 0. The maximum atomic E-state index is 12.7. The Hall–Kier alpha value is -1.66. The van der Waals surface area contributed by atoms with Gasteiger partial charge in [0.2, 0.25) is 0 Å². The molecule has 3 N–H and O–H groups in total. The second kappa shape index (κ2) is 5.27. The molecule has 2 aromatic rings. The number of rotatable bonds is 1. The van der Waals surface area contributed by atoms with Crippen LogP contribution in [0.1, 0.15) is 33.9 Å². The van der Waals surface area contributed by atoms with Crippen LogP contribution in [0.3, 0.4) is 0 Å². The zero-order valence-electron chi connectivity index (χ0n) is 12.2. The van der Waals surface area contributed by atoms with Gasteiger partial charge in [0.15, 0.2) is 0 Å². The molecule has 0 spiro atoms. The summed E-state index contributed by atoms with van der Waals surface area (Å²) >= 11 is 1.42. The summed E-state index contributed by atoms with van der Waals surface area (Å²) in [5.74, 6) is -0.0792. The van der Waals surface area contributed by atoms with E-state index < -0.39 is 6.10 Å². The van der Waals surface area contributed by atoms with Crippen LogP contribution in [0.4, 0.5) is 5.69 Å². The molecule has 3 heterocycles. The Kier molecular flexibility index (Phi) is 3.59. The smallest absolute Gasteiger partial charge is 0.266 e. The fraction of sp³-hybridized carbons (Fsp3) is 0.467. The maximum absolute atomic E-state index is 12.7. The van der Waals surface area contributed by atoms with Gasteiger partial charge >= 0.3 is 0 Å². The molecule has 0 saturated carbocycles. The molecule has 2 aromatic heterocycles. The Labute approximate surface area is 127 Å². The Morgan fingerprint density at radius 1 is 1.52 bits per heavy atom. The molecule has 1 aliphatic heterocycles. The molecule has 1 unspecified atom stereocenters. The van der Waals surface area contributed by atoms with E-state index in [1.807, 2.05) is 19.9 Å². The molecule has 5 nitrogen and oxygen atoms in total. The van der Waals surface area contributed by atoms with Crippen LogP contribution in [0.2, 0.25) is 0 Å². The highest BCUT2D eigenvalue weighted by molar-refractivity contribution is 7.21. The molecule has 1 atom stereocenters. The van der Waals surface area contributed by atoms with E-state index in [1.165, 1.54) is 11.3 Å². The van der Waals surface area contributed by atoms with E-state index in [9.17, 15) is 9.90 Å². The third kappa shape index (κ3) is 2.49. The van der Waals surface area contributed by atoms with Crippen molar-refractivity contribution >= 4 is 33.0 Å². The zero-order valence-corrected chi connectivity index (χ0v) is 13.0. The van der Waals surface area contributed by atoms with E-state index in [-0.39, 0.29) is 5.91 Å². The number of pyridine rings is 1. The summed E-state index contributed by atoms with van der Waals surface area (Å²) in [6, 6.07) is 1.96. The summed E-state index contributed by atoms with van der Waals surface area (Å²) in [5.41, 5.74) is 8.49. The molecule has 1 aliphatic rings. The minimum Gasteiger partial charge on any atom is -0.397 e. The van der Waals surface area contributed by atoms with Crippen molar-refractivity contribution in [3.63, 3.8) is 0 Å². The topological polar surface area (TPSA) is 79.5 Å². The number of β-amino-alcohol motifs (C(OH)–C–C–N with tert-alkyl or cyclic N) is 1. The number of fused-ring (bicyclic) bond motifs is 1. The van der Waals surface area contributed by atoms with Gasteiger partial charge in [-0.25, -0.2) is 0 Å². The van der Waals surface area contributed by atoms with Crippen molar-refractivity contribution in [3.05, 3.63) is 22.3 Å². The lowest BCUT2D eigenvalue weighted by Crippen LogP contribution is -2.42. The molecule has 0 aromatic carbocycles. The van der Waals surface area contributed by atoms with E-state index in [4.69, 9.17) is 5.73 Å². The first-order valence-corrected chi connectivity index (χ1v) is 7.92. The van der Waals surface area contributed by atoms with Crippen molar-refractivity contribution in [2.75, 3.05) is 18.8 Å². The maximum Gasteiger partial charge on any atom is 0.266 e. The van der Waals surface area contributed by atoms with Crippen LogP contribution >= 0.6 is 11.3 Å². The zero-order chi connectivity index (χ0) is 15.1. The number of hydrogen-bond donors (Lipinski definition) is 2. The number of aliphatic hydroxyl groups excluding tert-OH is 1. The predicted octanol–water partition coefficient (Wildman–Crippen LogP) is 2.09. The van der Waals surface area contributed by atoms with E-state index in [1.54, 1.807) is 4.90 Å². The Morgan fingerprint density at radius 3 is 3.00 bits per heavy atom. The van der Waals surface area contributed by atoms with Crippen molar-refractivity contribution in [1.29, 1.82) is 0 Å². The van der Waals surface area contributed by atoms with Crippen molar-refractivity contribution in [2.24, 2.45) is 0 Å². The molecule has 0 aliphatic carbocycles. The lowest BCUT2D eigenvalue weighted by Gasteiger charge is -2.29. The third-order valence-electron chi connectivity index (χ3n) is 3.90. The Balaban J connectivity index is 2.02. The average molecular weight is 305 g/mol. The first-order valence-electron chi connectivity index (χ1n) is 7.11. The molecule has 1 saturated heterocycles. The number of nitrogen functional groups attached to an aromatic ring is 1. The van der Waals surface area contributed by atoms with Crippen LogP contribution in [0.5, 0.6) is 0 Å². The standard InChI is InChI=1S/C15H19N3O2S/c1-8-6-11-12(9(2)17-8)13(16)14(21-11)15(20)18-5-3-4-10(19)7-18/h6,10,19H,3-5,7,16H2,1-2H3. The molecule has 1 fully saturated rings. The van der Waals surface area contributed by atoms with E-state index >= 15 is 0 Å². The Bertz CT molecular complexity index is 710. The van der Waals surface area contributed by atoms with Gasteiger partial charge in [-0.2, -0.15) is 0 Å². The molecule has 112 valence electrons. The monoisotopic (exact) mass is 305 g/mol. The Morgan fingerprint density at radius 2 is 2.29 bits per heavy atom. The number of piperidine rings is 1. The number of amides is 1. The summed E-state index contributed by atoms with van der Waals surface area (Å²) in [6.07, 6.45) is 1.16. The molecule has 0 bridgehead atoms. The van der Waals surface area contributed by atoms with Gasteiger partial charge in [-0.3, -0.25) is 9.78 Å². The van der Waals surface area contributed by atoms with Gasteiger partial charge < -0.3 is 15.7 Å². The fourth-order valence-corrected chi connectivity index (χ4v) is 4.16. The second-order valence-electron chi connectivity index (χ2n) is 5.61. The number of anilines is 1. The van der Waals surface area contributed by atoms with Gasteiger partial charge in [-0.15, -0.1) is 11.3 Å². The summed E-state index contributed by atoms with van der Waals surface area (Å²) < 4.78 is 0.999. The van der Waals surface area contributed by atoms with Crippen molar-refractivity contribution < 1.29 is 9.90 Å². The van der Waals surface area contributed by atoms with Crippen LogP contribution in [0.15, 0.2) is 6.07 Å². The highest BCUT2D eigenvalue weighted by Gasteiger charge is 2.27. The molecule has 6 heteroatoms. The van der Waals surface area contributed by atoms with Crippen LogP contribution in [-0.2, 0) is 0 Å². The van der Waals surface area contributed by atoms with Gasteiger partial charge in [0.1, 0.15) is 4.88 Å². The number of thiophene rings is 1. The number of carbonyl (C=O) groups is 1. The van der Waals surface area contributed by atoms with Gasteiger partial charge in [0, 0.05) is 34.6 Å². The molecule has 1 amide bonds. The fourth-order valence-electron chi connectivity index (χ4n) is 2.92. The predicted molar refractivity (Wildman–Crippen MR) is 84.7 cm³/mol. The lowest BCUT2D eigenvalue weighted by atomic mass is 10.1. The first-order chi connectivity index (χ1) is 9.97. The number of hydrogen-bond acceptors (Lipinski definition) is 5. The van der Waals surface area contributed by atoms with E-state index in [0.717, 1.165) is 34.3 Å². The number of aryl methyl sites for hydroxylation is 2. The summed E-state index contributed by atoms with van der Waals surface area (Å²) in [4.78, 5) is 19.3. The number of nitrogens with zero attached hydrogens (tertiary/aromatic N) is 2. The van der Waals surface area contributed by atoms with Gasteiger partial charge in [-0.1, -0.05) is 0 Å². The molecule has 0 radical (unpaired) electrons. The first kappa shape index (κ1) is 14.3. The number of carbonyl (C=O) groups excluding carboxylic acids is 1. The molecule has 21 heavy (non-hydrogen) atoms. The molecular formula is C15H19N3O2S. The SMILES string of the molecule is Cc1cc2sc(C(=O)N3CCCC(O)C3)c(N)c2c(C)n1. The van der Waals surface area contributed by atoms with Crippen LogP contribution in [-0.4, -0.2) is 40.1 Å². The number of likely N-dealkylation sites (tertiary alicyclic amines) is 1. The minimum absolute atomic E-state index is 0.0792. The van der Waals surface area contributed by atoms with Gasteiger partial charge in [-0.05, 0) is 32.8 Å². The second-order valence-corrected chi connectivity index (χ2v) is 6.67. The third-order valence-corrected chi connectivity index (χ3v) is 5.04. The minimum atomic E-state index is -0.427. The largest absolute Gasteiger partial charge is 0.397 e. The number of nitrogens with two attached hydrogens (primary N) is 1. The van der Waals surface area contributed by atoms with Gasteiger partial charge in [0.05, 0.1) is 11.8 Å². The average Bonchev–Trinajstić information content (AvgIpc) is 2.75. The van der Waals surface area contributed by atoms with E-state index in [2.05, 4.69) is 4.98 Å². The highest BCUT2D eigenvalue weighted by Crippen LogP contribution is 2.36. The van der Waals surface area contributed by atoms with Crippen LogP contribution < -0.4 is 5.73 Å². The molecule has 3 rings (SSSR count). The number of aromatic nitrogens is 1. The van der Waals surface area contributed by atoms with Crippen LogP contribution in [0, 0.1) is 13.8 Å². The summed E-state index contributed by atoms with van der Waals surface area (Å²) in [5, 5.41) is 10.6. The highest BCUT2D eigenvalue weighted by atomic mass is 32.1. The van der Waals surface area contributed by atoms with Gasteiger partial charge in [0.25, 0.3) is 5.91 Å².